The summed E-state index contributed by atoms with van der Waals surface area (Å²) in [5.74, 6) is 1.11. The zero-order valence-electron chi connectivity index (χ0n) is 14.7. The molecule has 134 valence electrons. The third-order valence-electron chi connectivity index (χ3n) is 4.46. The maximum absolute atomic E-state index is 13.0. The average molecular weight is 353 g/mol. The Labute approximate surface area is 150 Å². The summed E-state index contributed by atoms with van der Waals surface area (Å²) in [5, 5.41) is 4.37. The monoisotopic (exact) mass is 353 g/mol. The molecule has 0 unspecified atom stereocenters. The van der Waals surface area contributed by atoms with E-state index in [1.807, 2.05) is 16.7 Å². The largest absolute Gasteiger partial charge is 0.481 e. The first-order valence-corrected chi connectivity index (χ1v) is 8.38. The van der Waals surface area contributed by atoms with Gasteiger partial charge in [-0.05, 0) is 13.0 Å². The molecule has 0 aromatic carbocycles. The standard InChI is InChI=1S/C17H19N7O2/c1-12-14(15-18-5-3-7-24(15)21-12)16(25)22-8-10-23(11-9-22)17-19-6-4-13(20-17)26-2/h3-7H,8-11H2,1-2H3. The number of anilines is 1. The quantitative estimate of drug-likeness (QED) is 0.688. The van der Waals surface area contributed by atoms with Crippen LogP contribution in [0.4, 0.5) is 5.95 Å². The van der Waals surface area contributed by atoms with Gasteiger partial charge in [0.05, 0.1) is 12.8 Å². The van der Waals surface area contributed by atoms with E-state index in [4.69, 9.17) is 4.74 Å². The van der Waals surface area contributed by atoms with Crippen molar-refractivity contribution >= 4 is 17.5 Å². The number of nitrogens with zero attached hydrogens (tertiary/aromatic N) is 7. The van der Waals surface area contributed by atoms with E-state index >= 15 is 0 Å². The van der Waals surface area contributed by atoms with Crippen molar-refractivity contribution < 1.29 is 9.53 Å². The lowest BCUT2D eigenvalue weighted by molar-refractivity contribution is 0.0747. The third-order valence-corrected chi connectivity index (χ3v) is 4.46. The SMILES string of the molecule is COc1ccnc(N2CCN(C(=O)c3c(C)nn4cccnc34)CC2)n1. The number of aromatic nitrogens is 5. The Bertz CT molecular complexity index is 947. The molecule has 0 bridgehead atoms. The van der Waals surface area contributed by atoms with Crippen molar-refractivity contribution in [3.63, 3.8) is 0 Å². The molecular formula is C17H19N7O2. The van der Waals surface area contributed by atoms with Crippen LogP contribution in [0.5, 0.6) is 5.88 Å². The normalized spacial score (nSPS) is 14.7. The first-order valence-electron chi connectivity index (χ1n) is 8.38. The number of aryl methyl sites for hydroxylation is 1. The van der Waals surface area contributed by atoms with E-state index in [1.165, 1.54) is 0 Å². The number of piperazine rings is 1. The minimum absolute atomic E-state index is 0.0394. The molecule has 1 aliphatic heterocycles. The molecular weight excluding hydrogens is 334 g/mol. The van der Waals surface area contributed by atoms with E-state index in [0.29, 0.717) is 54.9 Å². The summed E-state index contributed by atoms with van der Waals surface area (Å²) in [4.78, 5) is 29.8. The van der Waals surface area contributed by atoms with Gasteiger partial charge in [0.1, 0.15) is 5.56 Å². The summed E-state index contributed by atoms with van der Waals surface area (Å²) in [5.41, 5.74) is 1.84. The lowest BCUT2D eigenvalue weighted by atomic mass is 10.2. The van der Waals surface area contributed by atoms with Crippen LogP contribution in [0, 0.1) is 6.92 Å². The van der Waals surface area contributed by atoms with Gasteiger partial charge in [0, 0.05) is 50.8 Å². The Morgan fingerprint density at radius 3 is 2.73 bits per heavy atom. The molecule has 9 nitrogen and oxygen atoms in total. The van der Waals surface area contributed by atoms with Gasteiger partial charge in [-0.25, -0.2) is 14.5 Å². The number of fused-ring (bicyclic) bond motifs is 1. The van der Waals surface area contributed by atoms with Gasteiger partial charge in [0.25, 0.3) is 5.91 Å². The Balaban J connectivity index is 1.50. The molecule has 26 heavy (non-hydrogen) atoms. The van der Waals surface area contributed by atoms with Gasteiger partial charge in [0.2, 0.25) is 11.8 Å². The van der Waals surface area contributed by atoms with Crippen LogP contribution in [0.1, 0.15) is 16.1 Å². The zero-order chi connectivity index (χ0) is 18.1. The smallest absolute Gasteiger partial charge is 0.259 e. The minimum Gasteiger partial charge on any atom is -0.481 e. The molecule has 0 N–H and O–H groups in total. The molecule has 1 amide bonds. The van der Waals surface area contributed by atoms with Crippen LogP contribution in [0.25, 0.3) is 5.65 Å². The number of carbonyl (C=O) groups excluding carboxylic acids is 1. The fourth-order valence-corrected chi connectivity index (χ4v) is 3.11. The fraction of sp³-hybridized carbons (Fsp3) is 0.353. The molecule has 0 saturated carbocycles. The first-order chi connectivity index (χ1) is 12.7. The molecule has 1 saturated heterocycles. The van der Waals surface area contributed by atoms with Crippen molar-refractivity contribution in [3.05, 3.63) is 42.0 Å². The van der Waals surface area contributed by atoms with E-state index < -0.39 is 0 Å². The Morgan fingerprint density at radius 2 is 1.96 bits per heavy atom. The van der Waals surface area contributed by atoms with E-state index in [1.54, 1.807) is 42.3 Å². The number of methoxy groups -OCH3 is 1. The highest BCUT2D eigenvalue weighted by atomic mass is 16.5. The number of carbonyl (C=O) groups is 1. The van der Waals surface area contributed by atoms with Crippen molar-refractivity contribution in [2.45, 2.75) is 6.92 Å². The van der Waals surface area contributed by atoms with Crippen molar-refractivity contribution in [2.24, 2.45) is 0 Å². The Kier molecular flexibility index (Phi) is 4.11. The van der Waals surface area contributed by atoms with Gasteiger partial charge in [-0.2, -0.15) is 10.1 Å². The third kappa shape index (κ3) is 2.81. The second-order valence-corrected chi connectivity index (χ2v) is 6.03. The van der Waals surface area contributed by atoms with Crippen LogP contribution in [-0.2, 0) is 0 Å². The van der Waals surface area contributed by atoms with Crippen LogP contribution in [0.15, 0.2) is 30.7 Å². The molecule has 4 heterocycles. The second kappa shape index (κ2) is 6.58. The van der Waals surface area contributed by atoms with Crippen molar-refractivity contribution in [3.8, 4) is 5.88 Å². The first kappa shape index (κ1) is 16.2. The molecule has 1 fully saturated rings. The maximum Gasteiger partial charge on any atom is 0.259 e. The molecule has 0 aliphatic carbocycles. The summed E-state index contributed by atoms with van der Waals surface area (Å²) in [6, 6.07) is 3.50. The molecule has 4 rings (SSSR count). The van der Waals surface area contributed by atoms with Gasteiger partial charge >= 0.3 is 0 Å². The van der Waals surface area contributed by atoms with Crippen LogP contribution >= 0.6 is 0 Å². The summed E-state index contributed by atoms with van der Waals surface area (Å²) >= 11 is 0. The molecule has 3 aromatic heterocycles. The topological polar surface area (TPSA) is 88.8 Å². The minimum atomic E-state index is -0.0394. The summed E-state index contributed by atoms with van der Waals surface area (Å²) < 4.78 is 6.79. The number of hydrogen-bond donors (Lipinski definition) is 0. The zero-order valence-corrected chi connectivity index (χ0v) is 14.7. The lowest BCUT2D eigenvalue weighted by Gasteiger charge is -2.34. The Hall–Kier alpha value is -3.23. The molecule has 3 aromatic rings. The van der Waals surface area contributed by atoms with Crippen LogP contribution in [0.2, 0.25) is 0 Å². The molecule has 0 spiro atoms. The van der Waals surface area contributed by atoms with Gasteiger partial charge in [-0.15, -0.1) is 0 Å². The average Bonchev–Trinajstić information content (AvgIpc) is 3.03. The highest BCUT2D eigenvalue weighted by molar-refractivity contribution is 6.01. The maximum atomic E-state index is 13.0. The van der Waals surface area contributed by atoms with Crippen LogP contribution in [-0.4, -0.2) is 68.7 Å². The summed E-state index contributed by atoms with van der Waals surface area (Å²) in [6.07, 6.45) is 5.14. The number of amides is 1. The van der Waals surface area contributed by atoms with Crippen LogP contribution < -0.4 is 9.64 Å². The van der Waals surface area contributed by atoms with Crippen LogP contribution in [0.3, 0.4) is 0 Å². The predicted molar refractivity (Wildman–Crippen MR) is 94.4 cm³/mol. The highest BCUT2D eigenvalue weighted by Gasteiger charge is 2.27. The van der Waals surface area contributed by atoms with Gasteiger partial charge in [-0.1, -0.05) is 0 Å². The number of hydrogen-bond acceptors (Lipinski definition) is 7. The summed E-state index contributed by atoms with van der Waals surface area (Å²) in [6.45, 7) is 4.32. The number of rotatable bonds is 3. The lowest BCUT2D eigenvalue weighted by Crippen LogP contribution is -2.49. The van der Waals surface area contributed by atoms with Crippen molar-refractivity contribution in [2.75, 3.05) is 38.2 Å². The van der Waals surface area contributed by atoms with Crippen molar-refractivity contribution in [1.29, 1.82) is 0 Å². The second-order valence-electron chi connectivity index (χ2n) is 6.03. The summed E-state index contributed by atoms with van der Waals surface area (Å²) in [7, 11) is 1.58. The van der Waals surface area contributed by atoms with E-state index in [0.717, 1.165) is 0 Å². The Morgan fingerprint density at radius 1 is 1.15 bits per heavy atom. The molecule has 0 radical (unpaired) electrons. The molecule has 9 heteroatoms. The van der Waals surface area contributed by atoms with Gasteiger partial charge in [0.15, 0.2) is 5.65 Å². The van der Waals surface area contributed by atoms with Gasteiger partial charge < -0.3 is 14.5 Å². The highest BCUT2D eigenvalue weighted by Crippen LogP contribution is 2.19. The van der Waals surface area contributed by atoms with E-state index in [2.05, 4.69) is 20.1 Å². The fourth-order valence-electron chi connectivity index (χ4n) is 3.11. The van der Waals surface area contributed by atoms with Crippen molar-refractivity contribution in [1.82, 2.24) is 29.5 Å². The predicted octanol–water partition coefficient (Wildman–Crippen LogP) is 0.799. The van der Waals surface area contributed by atoms with E-state index in [-0.39, 0.29) is 5.91 Å². The molecule has 1 aliphatic rings. The number of ether oxygens (including phenoxy) is 1. The van der Waals surface area contributed by atoms with E-state index in [9.17, 15) is 4.79 Å². The molecule has 0 atom stereocenters. The van der Waals surface area contributed by atoms with Gasteiger partial charge in [-0.3, -0.25) is 4.79 Å².